The molecule has 1 rings (SSSR count). The van der Waals surface area contributed by atoms with Gasteiger partial charge < -0.3 is 5.32 Å². The molecule has 0 unspecified atom stereocenters. The molecule has 1 amide bonds. The average molecular weight is 262 g/mol. The zero-order valence-corrected chi connectivity index (χ0v) is 10.5. The molecule has 0 aliphatic heterocycles. The predicted molar refractivity (Wildman–Crippen MR) is 69.4 cm³/mol. The first kappa shape index (κ1) is 12.2. The van der Waals surface area contributed by atoms with Gasteiger partial charge in [-0.25, -0.2) is 0 Å². The maximum atomic E-state index is 10.2. The molecule has 0 aromatic heterocycles. The van der Waals surface area contributed by atoms with E-state index in [1.807, 2.05) is 0 Å². The summed E-state index contributed by atoms with van der Waals surface area (Å²) in [5.74, 6) is 0. The molecule has 1 radical (unpaired) electrons. The van der Waals surface area contributed by atoms with Gasteiger partial charge in [0.25, 0.3) is 0 Å². The van der Waals surface area contributed by atoms with E-state index >= 15 is 0 Å². The molecule has 0 spiro atoms. The summed E-state index contributed by atoms with van der Waals surface area (Å²) in [6.45, 7) is 0. The number of nitrogens with one attached hydrogen (secondary N) is 1. The van der Waals surface area contributed by atoms with E-state index in [4.69, 9.17) is 0 Å². The molecule has 0 heterocycles. The summed E-state index contributed by atoms with van der Waals surface area (Å²) >= 11 is 16.8. The van der Waals surface area contributed by atoms with E-state index in [0.29, 0.717) is 15.4 Å². The van der Waals surface area contributed by atoms with Crippen LogP contribution in [-0.4, -0.2) is 6.41 Å². The van der Waals surface area contributed by atoms with Crippen molar-refractivity contribution in [3.8, 4) is 0 Å². The highest BCUT2D eigenvalue weighted by molar-refractivity contribution is 7.99. The van der Waals surface area contributed by atoms with Gasteiger partial charge in [0.05, 0.1) is 0 Å². The molecule has 0 bridgehead atoms. The Morgan fingerprint density at radius 3 is 2.50 bits per heavy atom. The van der Waals surface area contributed by atoms with Crippen LogP contribution in [0.4, 0.5) is 0 Å². The number of hydrogen-bond donors (Lipinski definition) is 5. The van der Waals surface area contributed by atoms with Gasteiger partial charge in [-0.1, -0.05) is 12.1 Å². The lowest BCUT2D eigenvalue weighted by molar-refractivity contribution is 0.537. The highest BCUT2D eigenvalue weighted by atomic mass is 32.2. The molecule has 1 aromatic carbocycles. The lowest BCUT2D eigenvalue weighted by Gasteiger charge is -2.23. The molecular formula is C8H8NOS4. The van der Waals surface area contributed by atoms with E-state index in [0.717, 1.165) is 0 Å². The second-order valence-electron chi connectivity index (χ2n) is 2.57. The molecule has 1 N–H and O–H groups in total. The summed E-state index contributed by atoms with van der Waals surface area (Å²) in [6, 6.07) is 5.33. The summed E-state index contributed by atoms with van der Waals surface area (Å²) < 4.78 is -1.09. The molecule has 1 aromatic rings. The Kier molecular flexibility index (Phi) is 4.12. The fourth-order valence-corrected chi connectivity index (χ4v) is 2.11. The summed E-state index contributed by atoms with van der Waals surface area (Å²) in [5, 5.41) is 2.35. The molecule has 0 saturated heterocycles. The first-order valence-electron chi connectivity index (χ1n) is 3.59. The molecule has 2 nitrogen and oxygen atoms in total. The van der Waals surface area contributed by atoms with Crippen molar-refractivity contribution in [3.63, 3.8) is 0 Å². The van der Waals surface area contributed by atoms with Gasteiger partial charge in [-0.2, -0.15) is 0 Å². The normalized spacial score (nSPS) is 11.1. The van der Waals surface area contributed by atoms with E-state index in [9.17, 15) is 4.79 Å². The first-order chi connectivity index (χ1) is 6.49. The van der Waals surface area contributed by atoms with Crippen LogP contribution in [0, 0.1) is 0 Å². The van der Waals surface area contributed by atoms with Crippen LogP contribution in [0.5, 0.6) is 0 Å². The molecule has 0 saturated carbocycles. The number of hydrogen-bond acceptors (Lipinski definition) is 5. The molecular weight excluding hydrogens is 254 g/mol. The lowest BCUT2D eigenvalue weighted by Crippen LogP contribution is -2.31. The van der Waals surface area contributed by atoms with Crippen LogP contribution in [-0.2, 0) is 9.00 Å². The van der Waals surface area contributed by atoms with E-state index in [2.05, 4.69) is 55.8 Å². The van der Waals surface area contributed by atoms with Gasteiger partial charge >= 0.3 is 6.41 Å². The van der Waals surface area contributed by atoms with Gasteiger partial charge in [0.1, 0.15) is 0 Å². The van der Waals surface area contributed by atoms with Crippen molar-refractivity contribution in [2.45, 2.75) is 14.0 Å². The zero-order valence-electron chi connectivity index (χ0n) is 6.93. The largest absolute Gasteiger partial charge is 0.321 e. The van der Waals surface area contributed by atoms with Gasteiger partial charge in [-0.05, 0) is 6.07 Å². The van der Waals surface area contributed by atoms with Gasteiger partial charge in [0.2, 0.25) is 0 Å². The van der Waals surface area contributed by atoms with Crippen LogP contribution in [0.15, 0.2) is 28.0 Å². The van der Waals surface area contributed by atoms with Crippen molar-refractivity contribution in [1.29, 1.82) is 0 Å². The second-order valence-corrected chi connectivity index (χ2v) is 5.20. The van der Waals surface area contributed by atoms with Crippen molar-refractivity contribution < 1.29 is 4.79 Å². The Hall–Kier alpha value is 0.0900. The minimum atomic E-state index is -1.09. The summed E-state index contributed by atoms with van der Waals surface area (Å²) in [5.41, 5.74) is 0.656. The highest BCUT2D eigenvalue weighted by Gasteiger charge is 2.25. The predicted octanol–water partition coefficient (Wildman–Crippen LogP) is 1.89. The van der Waals surface area contributed by atoms with Crippen molar-refractivity contribution in [3.05, 3.63) is 23.8 Å². The summed E-state index contributed by atoms with van der Waals surface area (Å²) in [4.78, 5) is 11.5. The SMILES string of the molecule is O=[C]NC(S)(S)c1cccc(S)c1S. The van der Waals surface area contributed by atoms with Crippen LogP contribution in [0.2, 0.25) is 0 Å². The smallest absolute Gasteiger partial charge is 0.311 e. The van der Waals surface area contributed by atoms with Crippen LogP contribution in [0.25, 0.3) is 0 Å². The van der Waals surface area contributed by atoms with Gasteiger partial charge in [-0.15, -0.1) is 50.5 Å². The van der Waals surface area contributed by atoms with E-state index in [1.165, 1.54) is 0 Å². The van der Waals surface area contributed by atoms with Gasteiger partial charge in [0.15, 0.2) is 4.20 Å². The van der Waals surface area contributed by atoms with Gasteiger partial charge in [-0.3, -0.25) is 4.79 Å². The quantitative estimate of drug-likeness (QED) is 0.321. The molecule has 75 valence electrons. The maximum Gasteiger partial charge on any atom is 0.311 e. The van der Waals surface area contributed by atoms with Crippen LogP contribution in [0.3, 0.4) is 0 Å². The molecule has 0 atom stereocenters. The third kappa shape index (κ3) is 2.56. The van der Waals surface area contributed by atoms with Crippen molar-refractivity contribution in [2.24, 2.45) is 0 Å². The van der Waals surface area contributed by atoms with Crippen molar-refractivity contribution in [2.75, 3.05) is 0 Å². The van der Waals surface area contributed by atoms with Crippen LogP contribution < -0.4 is 5.32 Å². The standard InChI is InChI=1S/C8H8NOS4/c10-4-9-8(13,14)5-2-1-3-6(11)7(5)12/h1-3,11-14H,(H,9,10). The lowest BCUT2D eigenvalue weighted by atomic mass is 10.2. The monoisotopic (exact) mass is 262 g/mol. The molecule has 0 aliphatic rings. The van der Waals surface area contributed by atoms with Crippen molar-refractivity contribution >= 4 is 56.9 Å². The molecule has 0 fully saturated rings. The van der Waals surface area contributed by atoms with Crippen LogP contribution in [0.1, 0.15) is 5.56 Å². The maximum absolute atomic E-state index is 10.2. The van der Waals surface area contributed by atoms with E-state index in [1.54, 1.807) is 24.6 Å². The topological polar surface area (TPSA) is 29.1 Å². The molecule has 0 aliphatic carbocycles. The summed E-state index contributed by atoms with van der Waals surface area (Å²) in [6.07, 6.45) is 1.54. The Balaban J connectivity index is 3.18. The van der Waals surface area contributed by atoms with Crippen molar-refractivity contribution in [1.82, 2.24) is 5.32 Å². The summed E-state index contributed by atoms with van der Waals surface area (Å²) in [7, 11) is 0. The minimum absolute atomic E-state index is 0.628. The average Bonchev–Trinajstić information content (AvgIpc) is 2.09. The van der Waals surface area contributed by atoms with Gasteiger partial charge in [0, 0.05) is 15.4 Å². The number of amides is 1. The third-order valence-corrected chi connectivity index (χ3v) is 3.35. The Bertz CT molecular complexity index is 353. The number of rotatable bonds is 3. The highest BCUT2D eigenvalue weighted by Crippen LogP contribution is 2.36. The number of carbonyl (C=O) groups excluding carboxylic acids is 1. The Labute approximate surface area is 104 Å². The fourth-order valence-electron chi connectivity index (χ4n) is 0.951. The zero-order chi connectivity index (χ0) is 10.8. The Morgan fingerprint density at radius 2 is 1.93 bits per heavy atom. The number of thiol groups is 4. The van der Waals surface area contributed by atoms with E-state index in [-0.39, 0.29) is 0 Å². The minimum Gasteiger partial charge on any atom is -0.321 e. The molecule has 14 heavy (non-hydrogen) atoms. The first-order valence-corrected chi connectivity index (χ1v) is 5.38. The molecule has 6 heteroatoms. The Morgan fingerprint density at radius 1 is 1.29 bits per heavy atom. The van der Waals surface area contributed by atoms with E-state index < -0.39 is 4.20 Å². The second kappa shape index (κ2) is 4.74. The van der Waals surface area contributed by atoms with Crippen LogP contribution >= 0.6 is 50.5 Å². The third-order valence-electron chi connectivity index (χ3n) is 1.62. The number of benzene rings is 1. The fraction of sp³-hybridized carbons (Fsp3) is 0.125.